The molecule has 1 saturated heterocycles. The van der Waals surface area contributed by atoms with Crippen LogP contribution in [0.3, 0.4) is 0 Å². The number of nitrogens with one attached hydrogen (secondary N) is 1. The largest absolute Gasteiger partial charge is 0.459 e. The molecular weight excluding hydrogens is 436 g/mol. The SMILES string of the molecule is C[Si](C)(C)CCS(=O)(=O)N[C@H](CO)C(=O)N1CCCC[C@H]1C(=O)OCc1ccccc1. The Hall–Kier alpha value is -1.75. The van der Waals surface area contributed by atoms with E-state index in [1.807, 2.05) is 30.3 Å². The van der Waals surface area contributed by atoms with E-state index >= 15 is 0 Å². The van der Waals surface area contributed by atoms with Gasteiger partial charge in [0.15, 0.2) is 0 Å². The summed E-state index contributed by atoms with van der Waals surface area (Å²) in [6.07, 6.45) is 1.91. The van der Waals surface area contributed by atoms with Crippen LogP contribution in [0.5, 0.6) is 0 Å². The Morgan fingerprint density at radius 1 is 1.23 bits per heavy atom. The van der Waals surface area contributed by atoms with E-state index in [0.717, 1.165) is 12.0 Å². The van der Waals surface area contributed by atoms with Gasteiger partial charge in [0.2, 0.25) is 15.9 Å². The van der Waals surface area contributed by atoms with Gasteiger partial charge in [0.25, 0.3) is 0 Å². The summed E-state index contributed by atoms with van der Waals surface area (Å²) in [6.45, 7) is 5.94. The number of esters is 1. The molecule has 2 N–H and O–H groups in total. The predicted molar refractivity (Wildman–Crippen MR) is 122 cm³/mol. The maximum Gasteiger partial charge on any atom is 0.329 e. The smallest absolute Gasteiger partial charge is 0.329 e. The zero-order valence-electron chi connectivity index (χ0n) is 18.5. The maximum atomic E-state index is 13.0. The van der Waals surface area contributed by atoms with E-state index in [9.17, 15) is 23.1 Å². The summed E-state index contributed by atoms with van der Waals surface area (Å²) in [5, 5.41) is 9.71. The second-order valence-electron chi connectivity index (χ2n) is 9.12. The summed E-state index contributed by atoms with van der Waals surface area (Å²) in [5.74, 6) is -1.20. The van der Waals surface area contributed by atoms with Crippen LogP contribution in [-0.4, -0.2) is 69.4 Å². The molecule has 1 amide bonds. The van der Waals surface area contributed by atoms with Gasteiger partial charge in [0, 0.05) is 14.6 Å². The molecule has 0 radical (unpaired) electrons. The van der Waals surface area contributed by atoms with Gasteiger partial charge in [0.05, 0.1) is 12.4 Å². The molecule has 2 atom stereocenters. The second kappa shape index (κ2) is 11.2. The van der Waals surface area contributed by atoms with Gasteiger partial charge < -0.3 is 14.7 Å². The van der Waals surface area contributed by atoms with E-state index in [2.05, 4.69) is 24.4 Å². The van der Waals surface area contributed by atoms with Crippen molar-refractivity contribution in [2.24, 2.45) is 0 Å². The molecule has 2 rings (SSSR count). The normalized spacial score (nSPS) is 18.5. The first kappa shape index (κ1) is 25.5. The summed E-state index contributed by atoms with van der Waals surface area (Å²) in [5.41, 5.74) is 0.841. The number of hydrogen-bond donors (Lipinski definition) is 2. The molecule has 1 aliphatic rings. The van der Waals surface area contributed by atoms with Gasteiger partial charge in [0.1, 0.15) is 18.7 Å². The van der Waals surface area contributed by atoms with Crippen molar-refractivity contribution < 1.29 is 27.9 Å². The molecule has 31 heavy (non-hydrogen) atoms. The van der Waals surface area contributed by atoms with Crippen molar-refractivity contribution in [2.75, 3.05) is 18.9 Å². The summed E-state index contributed by atoms with van der Waals surface area (Å²) in [4.78, 5) is 27.1. The number of sulfonamides is 1. The van der Waals surface area contributed by atoms with E-state index in [4.69, 9.17) is 4.74 Å². The molecule has 0 bridgehead atoms. The molecular formula is C21H34N2O6SSi. The van der Waals surface area contributed by atoms with Crippen LogP contribution < -0.4 is 4.72 Å². The zero-order chi connectivity index (χ0) is 23.1. The van der Waals surface area contributed by atoms with Crippen LogP contribution in [0, 0.1) is 0 Å². The highest BCUT2D eigenvalue weighted by molar-refractivity contribution is 7.89. The van der Waals surface area contributed by atoms with Crippen molar-refractivity contribution >= 4 is 30.0 Å². The zero-order valence-corrected chi connectivity index (χ0v) is 20.4. The third kappa shape index (κ3) is 8.36. The number of hydrogen-bond acceptors (Lipinski definition) is 6. The van der Waals surface area contributed by atoms with Crippen molar-refractivity contribution in [1.82, 2.24) is 9.62 Å². The van der Waals surface area contributed by atoms with E-state index in [1.165, 1.54) is 4.90 Å². The Kier molecular flexibility index (Phi) is 9.23. The highest BCUT2D eigenvalue weighted by atomic mass is 32.2. The lowest BCUT2D eigenvalue weighted by Crippen LogP contribution is -2.57. The number of rotatable bonds is 10. The van der Waals surface area contributed by atoms with Crippen LogP contribution >= 0.6 is 0 Å². The molecule has 0 unspecified atom stereocenters. The monoisotopic (exact) mass is 470 g/mol. The lowest BCUT2D eigenvalue weighted by Gasteiger charge is -2.36. The molecule has 0 saturated carbocycles. The Bertz CT molecular complexity index is 841. The quantitative estimate of drug-likeness (QED) is 0.398. The van der Waals surface area contributed by atoms with Crippen LogP contribution in [-0.2, 0) is 31.0 Å². The van der Waals surface area contributed by atoms with Crippen molar-refractivity contribution in [3.63, 3.8) is 0 Å². The van der Waals surface area contributed by atoms with Crippen LogP contribution in [0.4, 0.5) is 0 Å². The van der Waals surface area contributed by atoms with Crippen molar-refractivity contribution in [2.45, 2.75) is 63.6 Å². The second-order valence-corrected chi connectivity index (χ2v) is 16.6. The number of carbonyl (C=O) groups excluding carboxylic acids is 2. The Balaban J connectivity index is 2.03. The standard InChI is InChI=1S/C21H34N2O6SSi/c1-31(2,3)14-13-30(27,28)22-18(15-24)20(25)23-12-8-7-11-19(23)21(26)29-16-17-9-5-4-6-10-17/h4-6,9-10,18-19,22,24H,7-8,11-16H2,1-3H3/t18-,19+/m1/s1. The number of piperidine rings is 1. The number of likely N-dealkylation sites (tertiary alicyclic amines) is 1. The van der Waals surface area contributed by atoms with Crippen LogP contribution in [0.1, 0.15) is 24.8 Å². The molecule has 1 aromatic carbocycles. The molecule has 0 spiro atoms. The Labute approximate surface area is 186 Å². The Morgan fingerprint density at radius 2 is 1.90 bits per heavy atom. The molecule has 174 valence electrons. The van der Waals surface area contributed by atoms with Gasteiger partial charge >= 0.3 is 5.97 Å². The van der Waals surface area contributed by atoms with Crippen molar-refractivity contribution in [3.05, 3.63) is 35.9 Å². The minimum Gasteiger partial charge on any atom is -0.459 e. The molecule has 0 aromatic heterocycles. The minimum absolute atomic E-state index is 0.0882. The molecule has 1 aromatic rings. The lowest BCUT2D eigenvalue weighted by molar-refractivity contribution is -0.159. The fourth-order valence-electron chi connectivity index (χ4n) is 3.35. The third-order valence-electron chi connectivity index (χ3n) is 5.21. The van der Waals surface area contributed by atoms with Crippen LogP contribution in [0.15, 0.2) is 30.3 Å². The van der Waals surface area contributed by atoms with E-state index in [-0.39, 0.29) is 12.4 Å². The molecule has 10 heteroatoms. The van der Waals surface area contributed by atoms with Gasteiger partial charge in [-0.3, -0.25) is 4.79 Å². The van der Waals surface area contributed by atoms with Crippen molar-refractivity contribution in [1.29, 1.82) is 0 Å². The number of carbonyl (C=O) groups is 2. The molecule has 1 fully saturated rings. The topological polar surface area (TPSA) is 113 Å². The van der Waals surface area contributed by atoms with Crippen LogP contribution in [0.2, 0.25) is 25.7 Å². The lowest BCUT2D eigenvalue weighted by atomic mass is 10.0. The first-order valence-electron chi connectivity index (χ1n) is 10.6. The van der Waals surface area contributed by atoms with Gasteiger partial charge in [-0.2, -0.15) is 0 Å². The number of benzene rings is 1. The van der Waals surface area contributed by atoms with Gasteiger partial charge in [-0.25, -0.2) is 17.9 Å². The maximum absolute atomic E-state index is 13.0. The average molecular weight is 471 g/mol. The summed E-state index contributed by atoms with van der Waals surface area (Å²) >= 11 is 0. The number of aliphatic hydroxyl groups is 1. The number of aliphatic hydroxyl groups excluding tert-OH is 1. The third-order valence-corrected chi connectivity index (χ3v) is 8.70. The van der Waals surface area contributed by atoms with E-state index < -0.39 is 48.7 Å². The van der Waals surface area contributed by atoms with E-state index in [1.54, 1.807) is 0 Å². The van der Waals surface area contributed by atoms with Crippen LogP contribution in [0.25, 0.3) is 0 Å². The number of nitrogens with zero attached hydrogens (tertiary/aromatic N) is 1. The molecule has 0 aliphatic carbocycles. The first-order valence-corrected chi connectivity index (χ1v) is 16.0. The highest BCUT2D eigenvalue weighted by Crippen LogP contribution is 2.20. The number of ether oxygens (including phenoxy) is 1. The molecule has 1 aliphatic heterocycles. The van der Waals surface area contributed by atoms with Gasteiger partial charge in [-0.05, 0) is 30.9 Å². The predicted octanol–water partition coefficient (Wildman–Crippen LogP) is 1.73. The summed E-state index contributed by atoms with van der Waals surface area (Å²) in [6, 6.07) is 7.70. The van der Waals surface area contributed by atoms with E-state index in [0.29, 0.717) is 25.4 Å². The summed E-state index contributed by atoms with van der Waals surface area (Å²) < 4.78 is 32.6. The van der Waals surface area contributed by atoms with Crippen molar-refractivity contribution in [3.8, 4) is 0 Å². The summed E-state index contributed by atoms with van der Waals surface area (Å²) in [7, 11) is -5.32. The average Bonchev–Trinajstić information content (AvgIpc) is 2.74. The molecule has 8 nitrogen and oxygen atoms in total. The Morgan fingerprint density at radius 3 is 2.52 bits per heavy atom. The fourth-order valence-corrected chi connectivity index (χ4v) is 7.60. The fraction of sp³-hybridized carbons (Fsp3) is 0.619. The minimum atomic E-state index is -3.73. The van der Waals surface area contributed by atoms with Gasteiger partial charge in [-0.15, -0.1) is 0 Å². The first-order chi connectivity index (χ1) is 14.5. The highest BCUT2D eigenvalue weighted by Gasteiger charge is 2.37. The number of amides is 1. The molecule has 1 heterocycles. The van der Waals surface area contributed by atoms with Gasteiger partial charge in [-0.1, -0.05) is 50.0 Å².